The molecule has 8 nitrogen and oxygen atoms in total. The molecule has 1 saturated carbocycles. The number of carbonyl (C=O) groups is 2. The maximum absolute atomic E-state index is 13.7. The minimum atomic E-state index is -4.72. The van der Waals surface area contributed by atoms with Crippen LogP contribution >= 0.6 is 0 Å². The number of carboxylic acid groups (broad SMARTS) is 1. The largest absolute Gasteiger partial charge is 0.497 e. The second kappa shape index (κ2) is 12.9. The quantitative estimate of drug-likeness (QED) is 0.284. The van der Waals surface area contributed by atoms with Crippen LogP contribution in [0.4, 0.5) is 18.9 Å². The number of nitrogens with zero attached hydrogens (tertiary/aromatic N) is 2. The van der Waals surface area contributed by atoms with Gasteiger partial charge in [-0.2, -0.15) is 13.2 Å². The van der Waals surface area contributed by atoms with Gasteiger partial charge in [-0.1, -0.05) is 6.92 Å². The molecule has 2 aromatic carbocycles. The molecule has 1 N–H and O–H groups in total. The molecule has 0 atom stereocenters. The minimum Gasteiger partial charge on any atom is -0.497 e. The number of anilines is 1. The van der Waals surface area contributed by atoms with Crippen LogP contribution in [0.15, 0.2) is 60.8 Å². The number of halogens is 3. The number of hydrogen-bond acceptors (Lipinski definition) is 6. The van der Waals surface area contributed by atoms with Crippen LogP contribution in [0.1, 0.15) is 48.5 Å². The minimum absolute atomic E-state index is 0.0515. The predicted molar refractivity (Wildman–Crippen MR) is 145 cm³/mol. The zero-order valence-electron chi connectivity index (χ0n) is 22.7. The Kier molecular flexibility index (Phi) is 9.36. The number of hydrogen-bond donors (Lipinski definition) is 1. The van der Waals surface area contributed by atoms with Gasteiger partial charge < -0.3 is 24.2 Å². The summed E-state index contributed by atoms with van der Waals surface area (Å²) in [5.41, 5.74) is -1.29. The highest BCUT2D eigenvalue weighted by Crippen LogP contribution is 2.38. The van der Waals surface area contributed by atoms with Gasteiger partial charge in [0.15, 0.2) is 0 Å². The molecule has 3 aromatic rings. The maximum atomic E-state index is 13.7. The van der Waals surface area contributed by atoms with Gasteiger partial charge in [-0.25, -0.2) is 9.78 Å². The Morgan fingerprint density at radius 1 is 1.00 bits per heavy atom. The first-order chi connectivity index (χ1) is 19.6. The molecule has 11 heteroatoms. The summed E-state index contributed by atoms with van der Waals surface area (Å²) in [5.74, 6) is -1.04. The van der Waals surface area contributed by atoms with E-state index in [1.54, 1.807) is 31.4 Å². The number of pyridine rings is 1. The van der Waals surface area contributed by atoms with Crippen molar-refractivity contribution in [2.24, 2.45) is 11.8 Å². The third kappa shape index (κ3) is 7.47. The van der Waals surface area contributed by atoms with E-state index in [-0.39, 0.29) is 42.0 Å². The summed E-state index contributed by atoms with van der Waals surface area (Å²) >= 11 is 0. The second-order valence-electron chi connectivity index (χ2n) is 9.91. The first-order valence-corrected chi connectivity index (χ1v) is 13.2. The monoisotopic (exact) mass is 572 g/mol. The summed E-state index contributed by atoms with van der Waals surface area (Å²) < 4.78 is 56.6. The van der Waals surface area contributed by atoms with E-state index >= 15 is 0 Å². The van der Waals surface area contributed by atoms with Crippen molar-refractivity contribution >= 4 is 17.6 Å². The van der Waals surface area contributed by atoms with Gasteiger partial charge in [0.1, 0.15) is 29.4 Å². The molecule has 218 valence electrons. The second-order valence-corrected chi connectivity index (χ2v) is 9.91. The SMILES string of the molecule is COc1ccc(OCCN(C(=O)C2CCC(C)CC2)c2ccc(Oc3ncccc3C(F)(F)F)cc2C(=O)O)cc1. The van der Waals surface area contributed by atoms with Crippen molar-refractivity contribution in [3.8, 4) is 23.1 Å². The number of aromatic carboxylic acids is 1. The van der Waals surface area contributed by atoms with E-state index in [1.807, 2.05) is 0 Å². The van der Waals surface area contributed by atoms with Crippen LogP contribution in [0, 0.1) is 11.8 Å². The van der Waals surface area contributed by atoms with Gasteiger partial charge in [-0.3, -0.25) is 4.79 Å². The first-order valence-electron chi connectivity index (χ1n) is 13.2. The van der Waals surface area contributed by atoms with Crippen LogP contribution in [0.2, 0.25) is 0 Å². The highest BCUT2D eigenvalue weighted by molar-refractivity contribution is 6.03. The summed E-state index contributed by atoms with van der Waals surface area (Å²) in [7, 11) is 1.55. The van der Waals surface area contributed by atoms with E-state index in [1.165, 1.54) is 17.0 Å². The fraction of sp³-hybridized carbons (Fsp3) is 0.367. The lowest BCUT2D eigenvalue weighted by Crippen LogP contribution is -2.41. The lowest BCUT2D eigenvalue weighted by molar-refractivity contribution is -0.138. The zero-order chi connectivity index (χ0) is 29.6. The number of alkyl halides is 3. The van der Waals surface area contributed by atoms with Gasteiger partial charge >= 0.3 is 12.1 Å². The van der Waals surface area contributed by atoms with E-state index in [0.29, 0.717) is 30.3 Å². The fourth-order valence-corrected chi connectivity index (χ4v) is 4.79. The number of aromatic nitrogens is 1. The van der Waals surface area contributed by atoms with E-state index in [4.69, 9.17) is 14.2 Å². The number of rotatable bonds is 10. The smallest absolute Gasteiger partial charge is 0.421 e. The third-order valence-corrected chi connectivity index (χ3v) is 7.05. The normalized spacial score (nSPS) is 17.0. The molecular weight excluding hydrogens is 541 g/mol. The average molecular weight is 573 g/mol. The van der Waals surface area contributed by atoms with Gasteiger partial charge in [0.05, 0.1) is 24.9 Å². The van der Waals surface area contributed by atoms with Crippen LogP contribution in [0.25, 0.3) is 0 Å². The van der Waals surface area contributed by atoms with Crippen molar-refractivity contribution in [2.45, 2.75) is 38.8 Å². The van der Waals surface area contributed by atoms with Crippen molar-refractivity contribution in [3.05, 3.63) is 71.9 Å². The molecule has 0 radical (unpaired) electrons. The summed E-state index contributed by atoms with van der Waals surface area (Å²) in [6.07, 6.45) is -0.443. The van der Waals surface area contributed by atoms with Crippen LogP contribution in [-0.2, 0) is 11.0 Å². The molecule has 1 amide bonds. The molecule has 1 aliphatic carbocycles. The van der Waals surface area contributed by atoms with Crippen molar-refractivity contribution in [3.63, 3.8) is 0 Å². The van der Waals surface area contributed by atoms with Gasteiger partial charge in [0.25, 0.3) is 0 Å². The molecule has 41 heavy (non-hydrogen) atoms. The number of carboxylic acids is 1. The van der Waals surface area contributed by atoms with Crippen LogP contribution in [-0.4, -0.2) is 42.2 Å². The molecule has 1 fully saturated rings. The first kappa shape index (κ1) is 29.7. The summed E-state index contributed by atoms with van der Waals surface area (Å²) in [4.78, 5) is 31.1. The highest BCUT2D eigenvalue weighted by atomic mass is 19.4. The Morgan fingerprint density at radius 3 is 2.29 bits per heavy atom. The van der Waals surface area contributed by atoms with Crippen LogP contribution < -0.4 is 19.1 Å². The van der Waals surface area contributed by atoms with Crippen LogP contribution in [0.5, 0.6) is 23.1 Å². The van der Waals surface area contributed by atoms with E-state index in [0.717, 1.165) is 37.2 Å². The number of benzene rings is 2. The summed E-state index contributed by atoms with van der Waals surface area (Å²) in [6, 6.07) is 12.6. The topological polar surface area (TPSA) is 98.2 Å². The highest BCUT2D eigenvalue weighted by Gasteiger charge is 2.36. The number of amides is 1. The molecule has 0 spiro atoms. The van der Waals surface area contributed by atoms with E-state index in [9.17, 15) is 27.9 Å². The van der Waals surface area contributed by atoms with Crippen molar-refractivity contribution in [2.75, 3.05) is 25.2 Å². The Hall–Kier alpha value is -4.28. The Bertz CT molecular complexity index is 1360. The van der Waals surface area contributed by atoms with Gasteiger partial charge in [-0.15, -0.1) is 0 Å². The van der Waals surface area contributed by atoms with Gasteiger partial charge in [-0.05, 0) is 86.2 Å². The third-order valence-electron chi connectivity index (χ3n) is 7.05. The molecule has 1 aliphatic rings. The zero-order valence-corrected chi connectivity index (χ0v) is 22.7. The molecule has 1 heterocycles. The standard InChI is InChI=1S/C30H31F3N2O6/c1-19-5-7-20(8-6-19)28(36)35(16-17-40-22-11-9-21(39-2)10-12-22)26-14-13-23(18-24(26)29(37)38)41-27-25(30(31,32)33)4-3-15-34-27/h3-4,9-15,18-20H,5-8,16-17H2,1-2H3,(H,37,38). The van der Waals surface area contributed by atoms with Crippen molar-refractivity contribution in [1.82, 2.24) is 4.98 Å². The number of carbonyl (C=O) groups excluding carboxylic acids is 1. The molecule has 0 aliphatic heterocycles. The summed E-state index contributed by atoms with van der Waals surface area (Å²) in [6.45, 7) is 2.26. The molecule has 0 unspecified atom stereocenters. The number of ether oxygens (including phenoxy) is 3. The average Bonchev–Trinajstić information content (AvgIpc) is 2.95. The van der Waals surface area contributed by atoms with Gasteiger partial charge in [0, 0.05) is 12.1 Å². The lowest BCUT2D eigenvalue weighted by Gasteiger charge is -2.32. The fourth-order valence-electron chi connectivity index (χ4n) is 4.79. The lowest BCUT2D eigenvalue weighted by atomic mass is 9.82. The predicted octanol–water partition coefficient (Wildman–Crippen LogP) is 6.84. The maximum Gasteiger partial charge on any atom is 0.421 e. The molecular formula is C30H31F3N2O6. The van der Waals surface area contributed by atoms with Crippen LogP contribution in [0.3, 0.4) is 0 Å². The molecule has 0 saturated heterocycles. The molecule has 4 rings (SSSR count). The summed E-state index contributed by atoms with van der Waals surface area (Å²) in [5, 5.41) is 10.0. The van der Waals surface area contributed by atoms with Gasteiger partial charge in [0.2, 0.25) is 11.8 Å². The number of methoxy groups -OCH3 is 1. The van der Waals surface area contributed by atoms with E-state index in [2.05, 4.69) is 11.9 Å². The molecule has 1 aromatic heterocycles. The molecule has 0 bridgehead atoms. The van der Waals surface area contributed by atoms with Crippen molar-refractivity contribution in [1.29, 1.82) is 0 Å². The Morgan fingerprint density at radius 2 is 1.66 bits per heavy atom. The van der Waals surface area contributed by atoms with E-state index < -0.39 is 23.6 Å². The Balaban J connectivity index is 1.62. The Labute approximate surface area is 235 Å². The van der Waals surface area contributed by atoms with Crippen molar-refractivity contribution < 1.29 is 42.1 Å².